The Morgan fingerprint density at radius 3 is 1.25 bits per heavy atom. The van der Waals surface area contributed by atoms with Crippen LogP contribution in [0.15, 0.2) is 60.7 Å². The smallest absolute Gasteiger partial charge is 0.115 e. The average Bonchev–Trinajstić information content (AvgIpc) is 2.52. The van der Waals surface area contributed by atoms with Crippen molar-refractivity contribution in [3.05, 3.63) is 60.7 Å². The minimum absolute atomic E-state index is 0.322. The van der Waals surface area contributed by atoms with Crippen LogP contribution in [0.4, 0.5) is 0 Å². The summed E-state index contributed by atoms with van der Waals surface area (Å²) in [7, 11) is 0. The third-order valence-electron chi connectivity index (χ3n) is 2.36. The van der Waals surface area contributed by atoms with Gasteiger partial charge in [0.1, 0.15) is 11.5 Å². The van der Waals surface area contributed by atoms with Crippen molar-refractivity contribution in [1.29, 1.82) is 0 Å². The average molecular weight is 275 g/mol. The van der Waals surface area contributed by atoms with Gasteiger partial charge in [-0.2, -0.15) is 0 Å². The molecule has 1 fully saturated rings. The zero-order valence-electron chi connectivity index (χ0n) is 11.4. The van der Waals surface area contributed by atoms with Gasteiger partial charge in [0, 0.05) is 13.1 Å². The van der Waals surface area contributed by atoms with E-state index in [4.69, 9.17) is 14.9 Å². The van der Waals surface area contributed by atoms with Crippen molar-refractivity contribution in [3.63, 3.8) is 0 Å². The molecule has 2 aromatic carbocycles. The van der Waals surface area contributed by atoms with Crippen LogP contribution in [0.2, 0.25) is 0 Å². The number of aromatic hydroxyl groups is 2. The molecule has 1 heterocycles. The van der Waals surface area contributed by atoms with E-state index in [-0.39, 0.29) is 0 Å². The maximum atomic E-state index is 8.63. The summed E-state index contributed by atoms with van der Waals surface area (Å²) < 4.78 is 5.01. The summed E-state index contributed by atoms with van der Waals surface area (Å²) in [6, 6.07) is 17.4. The summed E-state index contributed by atoms with van der Waals surface area (Å²) in [5.74, 6) is 0.644. The highest BCUT2D eigenvalue weighted by Crippen LogP contribution is 2.03. The lowest BCUT2D eigenvalue weighted by Gasteiger charge is -2.10. The molecule has 0 radical (unpaired) electrons. The van der Waals surface area contributed by atoms with Crippen molar-refractivity contribution in [1.82, 2.24) is 5.32 Å². The molecule has 0 amide bonds. The SMILES string of the molecule is C1COCCN1.Oc1ccccc1.Oc1ccccc1. The van der Waals surface area contributed by atoms with E-state index in [1.807, 2.05) is 12.1 Å². The number of morpholine rings is 1. The first kappa shape index (κ1) is 16.0. The molecule has 0 aromatic heterocycles. The summed E-state index contributed by atoms with van der Waals surface area (Å²) in [4.78, 5) is 0. The number of rotatable bonds is 0. The molecule has 0 aliphatic carbocycles. The molecule has 4 nitrogen and oxygen atoms in total. The van der Waals surface area contributed by atoms with Gasteiger partial charge in [0.2, 0.25) is 0 Å². The number of phenols is 2. The number of nitrogens with one attached hydrogen (secondary N) is 1. The summed E-state index contributed by atoms with van der Waals surface area (Å²) in [6.45, 7) is 3.83. The van der Waals surface area contributed by atoms with E-state index < -0.39 is 0 Å². The molecular formula is C16H21NO3. The largest absolute Gasteiger partial charge is 0.508 e. The second kappa shape index (κ2) is 10.8. The molecule has 1 saturated heterocycles. The van der Waals surface area contributed by atoms with Crippen molar-refractivity contribution in [2.45, 2.75) is 0 Å². The van der Waals surface area contributed by atoms with E-state index in [1.165, 1.54) is 0 Å². The Balaban J connectivity index is 0.000000151. The highest BCUT2D eigenvalue weighted by Gasteiger charge is 1.92. The summed E-state index contributed by atoms with van der Waals surface area (Å²) in [5, 5.41) is 20.4. The Bertz CT molecular complexity index is 381. The molecule has 1 aliphatic heterocycles. The van der Waals surface area contributed by atoms with Crippen LogP contribution in [0.25, 0.3) is 0 Å². The Hall–Kier alpha value is -2.04. The predicted molar refractivity (Wildman–Crippen MR) is 79.9 cm³/mol. The Morgan fingerprint density at radius 2 is 1.10 bits per heavy atom. The first-order valence-electron chi connectivity index (χ1n) is 6.55. The summed E-state index contributed by atoms with van der Waals surface area (Å²) in [6.07, 6.45) is 0. The zero-order chi connectivity index (χ0) is 14.5. The zero-order valence-corrected chi connectivity index (χ0v) is 11.4. The van der Waals surface area contributed by atoms with Gasteiger partial charge in [0.05, 0.1) is 13.2 Å². The van der Waals surface area contributed by atoms with Crippen LogP contribution in [0.3, 0.4) is 0 Å². The highest BCUT2D eigenvalue weighted by atomic mass is 16.5. The van der Waals surface area contributed by atoms with Gasteiger partial charge in [-0.1, -0.05) is 36.4 Å². The molecule has 0 atom stereocenters. The molecule has 3 N–H and O–H groups in total. The lowest BCUT2D eigenvalue weighted by Crippen LogP contribution is -2.30. The quantitative estimate of drug-likeness (QED) is 0.691. The molecular weight excluding hydrogens is 254 g/mol. The first-order valence-corrected chi connectivity index (χ1v) is 6.55. The Labute approximate surface area is 119 Å². The van der Waals surface area contributed by atoms with Crippen molar-refractivity contribution in [3.8, 4) is 11.5 Å². The van der Waals surface area contributed by atoms with Gasteiger partial charge >= 0.3 is 0 Å². The van der Waals surface area contributed by atoms with Crippen molar-refractivity contribution < 1.29 is 14.9 Å². The van der Waals surface area contributed by atoms with Crippen molar-refractivity contribution in [2.24, 2.45) is 0 Å². The number of phenolic OH excluding ortho intramolecular Hbond substituents is 2. The van der Waals surface area contributed by atoms with Crippen LogP contribution in [0.1, 0.15) is 0 Å². The third-order valence-corrected chi connectivity index (χ3v) is 2.36. The van der Waals surface area contributed by atoms with Gasteiger partial charge in [-0.15, -0.1) is 0 Å². The van der Waals surface area contributed by atoms with Gasteiger partial charge in [0.25, 0.3) is 0 Å². The number of hydrogen-bond donors (Lipinski definition) is 3. The van der Waals surface area contributed by atoms with Crippen LogP contribution in [0, 0.1) is 0 Å². The van der Waals surface area contributed by atoms with Crippen LogP contribution >= 0.6 is 0 Å². The fourth-order valence-electron chi connectivity index (χ4n) is 1.37. The van der Waals surface area contributed by atoms with Crippen molar-refractivity contribution in [2.75, 3.05) is 26.3 Å². The second-order valence-electron chi connectivity index (χ2n) is 4.03. The first-order chi connectivity index (χ1) is 9.79. The molecule has 2 aromatic rings. The van der Waals surface area contributed by atoms with E-state index >= 15 is 0 Å². The molecule has 1 aliphatic rings. The number of ether oxygens (including phenoxy) is 1. The summed E-state index contributed by atoms with van der Waals surface area (Å²) in [5.41, 5.74) is 0. The monoisotopic (exact) mass is 275 g/mol. The van der Waals surface area contributed by atoms with Gasteiger partial charge in [-0.05, 0) is 24.3 Å². The van der Waals surface area contributed by atoms with Crippen molar-refractivity contribution >= 4 is 0 Å². The third kappa shape index (κ3) is 8.97. The fraction of sp³-hybridized carbons (Fsp3) is 0.250. The Kier molecular flexibility index (Phi) is 8.68. The van der Waals surface area contributed by atoms with Crippen LogP contribution in [-0.4, -0.2) is 36.5 Å². The number of hydrogen-bond acceptors (Lipinski definition) is 4. The lowest BCUT2D eigenvalue weighted by atomic mass is 10.3. The maximum Gasteiger partial charge on any atom is 0.115 e. The van der Waals surface area contributed by atoms with Crippen LogP contribution < -0.4 is 5.32 Å². The second-order valence-corrected chi connectivity index (χ2v) is 4.03. The molecule has 20 heavy (non-hydrogen) atoms. The molecule has 3 rings (SSSR count). The van der Waals surface area contributed by atoms with E-state index in [2.05, 4.69) is 5.32 Å². The number of para-hydroxylation sites is 2. The standard InChI is InChI=1S/2C6H6O.C4H9NO/c2*7-6-4-2-1-3-5-6;1-3-6-4-2-5-1/h2*1-5,7H;5H,1-4H2. The molecule has 0 bridgehead atoms. The molecule has 4 heteroatoms. The highest BCUT2D eigenvalue weighted by molar-refractivity contribution is 5.19. The fourth-order valence-corrected chi connectivity index (χ4v) is 1.37. The normalized spacial score (nSPS) is 13.2. The Morgan fingerprint density at radius 1 is 0.700 bits per heavy atom. The van der Waals surface area contributed by atoms with Crippen LogP contribution in [0.5, 0.6) is 11.5 Å². The molecule has 0 unspecified atom stereocenters. The van der Waals surface area contributed by atoms with E-state index in [0.717, 1.165) is 26.3 Å². The van der Waals surface area contributed by atoms with E-state index in [9.17, 15) is 0 Å². The lowest BCUT2D eigenvalue weighted by molar-refractivity contribution is 0.109. The molecule has 0 saturated carbocycles. The minimum atomic E-state index is 0.322. The van der Waals surface area contributed by atoms with E-state index in [1.54, 1.807) is 48.5 Å². The topological polar surface area (TPSA) is 61.7 Å². The molecule has 108 valence electrons. The van der Waals surface area contributed by atoms with Crippen LogP contribution in [-0.2, 0) is 4.74 Å². The van der Waals surface area contributed by atoms with Gasteiger partial charge < -0.3 is 20.3 Å². The maximum absolute atomic E-state index is 8.63. The minimum Gasteiger partial charge on any atom is -0.508 e. The molecule has 0 spiro atoms. The predicted octanol–water partition coefficient (Wildman–Crippen LogP) is 2.39. The number of benzene rings is 2. The van der Waals surface area contributed by atoms with Gasteiger partial charge in [-0.25, -0.2) is 0 Å². The van der Waals surface area contributed by atoms with Gasteiger partial charge in [0.15, 0.2) is 0 Å². The summed E-state index contributed by atoms with van der Waals surface area (Å²) >= 11 is 0. The van der Waals surface area contributed by atoms with Gasteiger partial charge in [-0.3, -0.25) is 0 Å². The van der Waals surface area contributed by atoms with E-state index in [0.29, 0.717) is 11.5 Å².